The second-order valence-electron chi connectivity index (χ2n) is 5.33. The topological polar surface area (TPSA) is 64.4 Å². The number of aromatic nitrogens is 2. The first-order valence-corrected chi connectivity index (χ1v) is 8.64. The van der Waals surface area contributed by atoms with Gasteiger partial charge in [-0.1, -0.05) is 24.4 Å². The molecule has 2 atom stereocenters. The van der Waals surface area contributed by atoms with E-state index in [1.807, 2.05) is 0 Å². The highest BCUT2D eigenvalue weighted by Crippen LogP contribution is 2.33. The number of halogens is 1. The first kappa shape index (κ1) is 14.3. The van der Waals surface area contributed by atoms with Crippen molar-refractivity contribution in [2.45, 2.75) is 42.9 Å². The number of hydrogen-bond acceptors (Lipinski definition) is 4. The third-order valence-corrected chi connectivity index (χ3v) is 6.48. The predicted molar refractivity (Wildman–Crippen MR) is 74.1 cm³/mol. The zero-order valence-corrected chi connectivity index (χ0v) is 12.9. The van der Waals surface area contributed by atoms with Crippen LogP contribution in [0.2, 0.25) is 5.15 Å². The van der Waals surface area contributed by atoms with Gasteiger partial charge in [0.25, 0.3) is 10.0 Å². The summed E-state index contributed by atoms with van der Waals surface area (Å²) < 4.78 is 34.3. The van der Waals surface area contributed by atoms with E-state index >= 15 is 0 Å². The van der Waals surface area contributed by atoms with E-state index in [4.69, 9.17) is 16.3 Å². The van der Waals surface area contributed by atoms with Crippen molar-refractivity contribution in [3.63, 3.8) is 0 Å². The van der Waals surface area contributed by atoms with Gasteiger partial charge in [-0.3, -0.25) is 0 Å². The van der Waals surface area contributed by atoms with Crippen LogP contribution in [-0.4, -0.2) is 47.6 Å². The minimum atomic E-state index is -3.65. The number of ether oxygens (including phenoxy) is 1. The highest BCUT2D eigenvalue weighted by Gasteiger charge is 2.42. The summed E-state index contributed by atoms with van der Waals surface area (Å²) in [4.78, 5) is 3.96. The van der Waals surface area contributed by atoms with E-state index in [-0.39, 0.29) is 22.3 Å². The van der Waals surface area contributed by atoms with Crippen LogP contribution in [0.4, 0.5) is 0 Å². The molecule has 3 rings (SSSR count). The third-order valence-electron chi connectivity index (χ3n) is 4.07. The van der Waals surface area contributed by atoms with Gasteiger partial charge in [0, 0.05) is 13.6 Å². The minimum Gasteiger partial charge on any atom is -0.375 e. The molecule has 0 bridgehead atoms. The Morgan fingerprint density at radius 1 is 1.40 bits per heavy atom. The van der Waals surface area contributed by atoms with Crippen molar-refractivity contribution in [2.75, 3.05) is 13.2 Å². The van der Waals surface area contributed by atoms with Gasteiger partial charge in [-0.05, 0) is 12.8 Å². The van der Waals surface area contributed by atoms with Crippen molar-refractivity contribution in [2.24, 2.45) is 7.05 Å². The summed E-state index contributed by atoms with van der Waals surface area (Å²) in [5.41, 5.74) is 0. The van der Waals surface area contributed by atoms with Gasteiger partial charge in [-0.2, -0.15) is 4.31 Å². The fourth-order valence-electron chi connectivity index (χ4n) is 3.04. The molecule has 0 aromatic carbocycles. The Bertz CT molecular complexity index is 599. The SMILES string of the molecule is Cn1cnc(S(=O)(=O)N2CCO[C@@H]3CCCC[C@@H]32)c1Cl. The van der Waals surface area contributed by atoms with Crippen LogP contribution >= 0.6 is 11.6 Å². The van der Waals surface area contributed by atoms with Crippen molar-refractivity contribution < 1.29 is 13.2 Å². The molecule has 1 aromatic heterocycles. The Labute approximate surface area is 123 Å². The van der Waals surface area contributed by atoms with Crippen LogP contribution in [0.1, 0.15) is 25.7 Å². The van der Waals surface area contributed by atoms with E-state index in [0.29, 0.717) is 13.2 Å². The van der Waals surface area contributed by atoms with Gasteiger partial charge in [0.1, 0.15) is 5.15 Å². The molecule has 1 aliphatic heterocycles. The first-order chi connectivity index (χ1) is 9.51. The number of sulfonamides is 1. The van der Waals surface area contributed by atoms with Gasteiger partial charge in [0.15, 0.2) is 0 Å². The van der Waals surface area contributed by atoms with Crippen molar-refractivity contribution in [1.29, 1.82) is 0 Å². The number of hydrogen-bond donors (Lipinski definition) is 0. The zero-order valence-electron chi connectivity index (χ0n) is 11.3. The summed E-state index contributed by atoms with van der Waals surface area (Å²) in [6.07, 6.45) is 5.33. The highest BCUT2D eigenvalue weighted by molar-refractivity contribution is 7.89. The molecule has 2 heterocycles. The predicted octanol–water partition coefficient (Wildman–Crippen LogP) is 1.41. The molecule has 20 heavy (non-hydrogen) atoms. The standard InChI is InChI=1S/C12H18ClN3O3S/c1-15-8-14-12(11(15)13)20(17,18)16-6-7-19-10-5-3-2-4-9(10)16/h8-10H,2-7H2,1H3/t9-,10+/m0/s1. The third kappa shape index (κ3) is 2.26. The summed E-state index contributed by atoms with van der Waals surface area (Å²) in [5.74, 6) is 0. The lowest BCUT2D eigenvalue weighted by Gasteiger charge is -2.42. The summed E-state index contributed by atoms with van der Waals surface area (Å²) in [6, 6.07) is -0.0828. The molecule has 0 unspecified atom stereocenters. The van der Waals surface area contributed by atoms with Crippen LogP contribution in [0, 0.1) is 0 Å². The molecule has 0 N–H and O–H groups in total. The monoisotopic (exact) mass is 319 g/mol. The Morgan fingerprint density at radius 2 is 2.15 bits per heavy atom. The molecular formula is C12H18ClN3O3S. The molecule has 1 saturated heterocycles. The van der Waals surface area contributed by atoms with E-state index in [1.165, 1.54) is 15.2 Å². The molecule has 112 valence electrons. The Hall–Kier alpha value is -0.630. The Balaban J connectivity index is 1.95. The van der Waals surface area contributed by atoms with Crippen LogP contribution in [0.3, 0.4) is 0 Å². The average molecular weight is 320 g/mol. The van der Waals surface area contributed by atoms with Gasteiger partial charge < -0.3 is 9.30 Å². The maximum absolute atomic E-state index is 12.8. The first-order valence-electron chi connectivity index (χ1n) is 6.82. The summed E-state index contributed by atoms with van der Waals surface area (Å²) in [5, 5.41) is 0.108. The average Bonchev–Trinajstić information content (AvgIpc) is 2.79. The van der Waals surface area contributed by atoms with Crippen molar-refractivity contribution in [3.05, 3.63) is 11.5 Å². The summed E-state index contributed by atoms with van der Waals surface area (Å²) in [6.45, 7) is 0.807. The molecule has 8 heteroatoms. The van der Waals surface area contributed by atoms with Crippen molar-refractivity contribution >= 4 is 21.6 Å². The van der Waals surface area contributed by atoms with Gasteiger partial charge in [-0.15, -0.1) is 0 Å². The molecule has 1 saturated carbocycles. The number of morpholine rings is 1. The summed E-state index contributed by atoms with van der Waals surface area (Å²) >= 11 is 6.05. The molecule has 6 nitrogen and oxygen atoms in total. The van der Waals surface area contributed by atoms with Crippen LogP contribution in [0.25, 0.3) is 0 Å². The lowest BCUT2D eigenvalue weighted by molar-refractivity contribution is -0.0586. The lowest BCUT2D eigenvalue weighted by atomic mass is 9.91. The smallest absolute Gasteiger partial charge is 0.264 e. The van der Waals surface area contributed by atoms with Crippen molar-refractivity contribution in [3.8, 4) is 0 Å². The number of imidazole rings is 1. The van der Waals surface area contributed by atoms with Gasteiger partial charge >= 0.3 is 0 Å². The van der Waals surface area contributed by atoms with Crippen LogP contribution in [-0.2, 0) is 21.8 Å². The van der Waals surface area contributed by atoms with E-state index in [2.05, 4.69) is 4.98 Å². The molecule has 2 fully saturated rings. The normalized spacial score (nSPS) is 28.3. The molecular weight excluding hydrogens is 302 g/mol. The number of rotatable bonds is 2. The molecule has 1 aliphatic carbocycles. The Morgan fingerprint density at radius 3 is 2.85 bits per heavy atom. The second-order valence-corrected chi connectivity index (χ2v) is 7.49. The van der Waals surface area contributed by atoms with E-state index in [0.717, 1.165) is 25.7 Å². The number of nitrogens with zero attached hydrogens (tertiary/aromatic N) is 3. The maximum atomic E-state index is 12.8. The van der Waals surface area contributed by atoms with E-state index in [9.17, 15) is 8.42 Å². The van der Waals surface area contributed by atoms with E-state index in [1.54, 1.807) is 7.05 Å². The molecule has 1 aromatic rings. The molecule has 0 radical (unpaired) electrons. The molecule has 2 aliphatic rings. The van der Waals surface area contributed by atoms with Crippen LogP contribution in [0.15, 0.2) is 11.4 Å². The summed E-state index contributed by atoms with van der Waals surface area (Å²) in [7, 11) is -1.98. The van der Waals surface area contributed by atoms with Crippen LogP contribution in [0.5, 0.6) is 0 Å². The second kappa shape index (κ2) is 5.29. The largest absolute Gasteiger partial charge is 0.375 e. The van der Waals surface area contributed by atoms with Gasteiger partial charge in [-0.25, -0.2) is 13.4 Å². The number of aryl methyl sites for hydroxylation is 1. The minimum absolute atomic E-state index is 0.00904. The molecule has 0 spiro atoms. The van der Waals surface area contributed by atoms with Crippen molar-refractivity contribution in [1.82, 2.24) is 13.9 Å². The number of fused-ring (bicyclic) bond motifs is 1. The van der Waals surface area contributed by atoms with Gasteiger partial charge in [0.05, 0.1) is 25.1 Å². The highest BCUT2D eigenvalue weighted by atomic mass is 35.5. The maximum Gasteiger partial charge on any atom is 0.264 e. The molecule has 0 amide bonds. The van der Waals surface area contributed by atoms with E-state index < -0.39 is 10.0 Å². The fraction of sp³-hybridized carbons (Fsp3) is 0.750. The lowest BCUT2D eigenvalue weighted by Crippen LogP contribution is -2.54. The quantitative estimate of drug-likeness (QED) is 0.826. The van der Waals surface area contributed by atoms with Gasteiger partial charge in [0.2, 0.25) is 5.03 Å². The van der Waals surface area contributed by atoms with Crippen LogP contribution < -0.4 is 0 Å². The fourth-order valence-corrected chi connectivity index (χ4v) is 5.09. The Kier molecular flexibility index (Phi) is 3.79. The zero-order chi connectivity index (χ0) is 14.3.